The molecule has 0 bridgehead atoms. The molecule has 110 valence electrons. The van der Waals surface area contributed by atoms with Gasteiger partial charge < -0.3 is 9.84 Å². The lowest BCUT2D eigenvalue weighted by atomic mass is 9.99. The normalized spacial score (nSPS) is 11.9. The largest absolute Gasteiger partial charge is 0.361 e. The highest BCUT2D eigenvalue weighted by Gasteiger charge is 2.19. The molecule has 0 aliphatic rings. The third-order valence-electron chi connectivity index (χ3n) is 3.31. The first kappa shape index (κ1) is 14.0. The molecule has 0 aliphatic carbocycles. The van der Waals surface area contributed by atoms with Gasteiger partial charge in [-0.25, -0.2) is 0 Å². The Morgan fingerprint density at radius 1 is 1.09 bits per heavy atom. The highest BCUT2D eigenvalue weighted by Crippen LogP contribution is 2.21. The summed E-state index contributed by atoms with van der Waals surface area (Å²) in [6.45, 7) is 1.75. The molecule has 1 N–H and O–H groups in total. The molecule has 2 aromatic heterocycles. The van der Waals surface area contributed by atoms with E-state index < -0.39 is 0 Å². The van der Waals surface area contributed by atoms with E-state index in [9.17, 15) is 4.79 Å². The number of benzene rings is 1. The van der Waals surface area contributed by atoms with Crippen LogP contribution in [0.15, 0.2) is 65.4 Å². The molecular weight excluding hydrogens is 278 g/mol. The summed E-state index contributed by atoms with van der Waals surface area (Å²) >= 11 is 0. The van der Waals surface area contributed by atoms with Crippen LogP contribution in [0.25, 0.3) is 0 Å². The maximum Gasteiger partial charge on any atom is 0.274 e. The van der Waals surface area contributed by atoms with Gasteiger partial charge in [-0.2, -0.15) is 0 Å². The summed E-state index contributed by atoms with van der Waals surface area (Å²) in [5, 5.41) is 6.75. The van der Waals surface area contributed by atoms with Gasteiger partial charge in [0.25, 0.3) is 5.91 Å². The van der Waals surface area contributed by atoms with Crippen molar-refractivity contribution >= 4 is 5.91 Å². The molecule has 2 heterocycles. The molecule has 1 aromatic carbocycles. The van der Waals surface area contributed by atoms with Gasteiger partial charge in [-0.3, -0.25) is 9.78 Å². The molecule has 1 amide bonds. The minimum absolute atomic E-state index is 0.270. The summed E-state index contributed by atoms with van der Waals surface area (Å²) < 4.78 is 4.96. The SMILES string of the molecule is Cc1cc(C(=O)NC(c2ccccc2)c2ccncc2)no1. The summed E-state index contributed by atoms with van der Waals surface area (Å²) in [4.78, 5) is 16.4. The molecule has 0 spiro atoms. The Morgan fingerprint density at radius 3 is 2.41 bits per heavy atom. The van der Waals surface area contributed by atoms with E-state index in [0.717, 1.165) is 11.1 Å². The van der Waals surface area contributed by atoms with E-state index >= 15 is 0 Å². The standard InChI is InChI=1S/C17H15N3O2/c1-12-11-15(20-22-12)17(21)19-16(13-5-3-2-4-6-13)14-7-9-18-10-8-14/h2-11,16H,1H3,(H,19,21). The van der Waals surface area contributed by atoms with E-state index in [1.807, 2.05) is 42.5 Å². The molecule has 0 fully saturated rings. The van der Waals surface area contributed by atoms with Crippen LogP contribution in [-0.2, 0) is 0 Å². The van der Waals surface area contributed by atoms with Crippen molar-refractivity contribution in [1.29, 1.82) is 0 Å². The summed E-state index contributed by atoms with van der Waals surface area (Å²) in [5.41, 5.74) is 2.21. The molecule has 0 radical (unpaired) electrons. The Hall–Kier alpha value is -2.95. The molecule has 3 aromatic rings. The maximum atomic E-state index is 12.4. The van der Waals surface area contributed by atoms with Gasteiger partial charge in [-0.1, -0.05) is 35.5 Å². The third kappa shape index (κ3) is 3.03. The smallest absolute Gasteiger partial charge is 0.274 e. The number of hydrogen-bond acceptors (Lipinski definition) is 4. The fraction of sp³-hybridized carbons (Fsp3) is 0.118. The van der Waals surface area contributed by atoms with Crippen LogP contribution in [0.3, 0.4) is 0 Å². The average molecular weight is 293 g/mol. The average Bonchev–Trinajstić information content (AvgIpc) is 3.01. The molecule has 0 saturated heterocycles. The number of amides is 1. The van der Waals surface area contributed by atoms with Crippen LogP contribution < -0.4 is 5.32 Å². The van der Waals surface area contributed by atoms with Crippen molar-refractivity contribution in [1.82, 2.24) is 15.5 Å². The molecular formula is C17H15N3O2. The van der Waals surface area contributed by atoms with Crippen LogP contribution in [-0.4, -0.2) is 16.0 Å². The first-order valence-electron chi connectivity index (χ1n) is 6.93. The second kappa shape index (κ2) is 6.22. The van der Waals surface area contributed by atoms with Crippen LogP contribution in [0, 0.1) is 6.92 Å². The van der Waals surface area contributed by atoms with Crippen molar-refractivity contribution in [3.05, 3.63) is 83.5 Å². The van der Waals surface area contributed by atoms with Gasteiger partial charge in [0.1, 0.15) is 5.76 Å². The minimum Gasteiger partial charge on any atom is -0.361 e. The zero-order chi connectivity index (χ0) is 15.4. The van der Waals surface area contributed by atoms with E-state index in [-0.39, 0.29) is 17.6 Å². The van der Waals surface area contributed by atoms with Gasteiger partial charge in [0, 0.05) is 18.5 Å². The zero-order valence-electron chi connectivity index (χ0n) is 12.1. The summed E-state index contributed by atoms with van der Waals surface area (Å²) in [6, 6.07) is 14.9. The number of nitrogens with zero attached hydrogens (tertiary/aromatic N) is 2. The maximum absolute atomic E-state index is 12.4. The fourth-order valence-electron chi connectivity index (χ4n) is 2.24. The number of rotatable bonds is 4. The van der Waals surface area contributed by atoms with Crippen LogP contribution in [0.4, 0.5) is 0 Å². The monoisotopic (exact) mass is 293 g/mol. The van der Waals surface area contributed by atoms with Gasteiger partial charge in [0.15, 0.2) is 5.69 Å². The third-order valence-corrected chi connectivity index (χ3v) is 3.31. The molecule has 1 unspecified atom stereocenters. The molecule has 3 rings (SSSR count). The Labute approximate surface area is 128 Å². The number of aryl methyl sites for hydroxylation is 1. The lowest BCUT2D eigenvalue weighted by molar-refractivity contribution is 0.0934. The number of carbonyl (C=O) groups excluding carboxylic acids is 1. The van der Waals surface area contributed by atoms with Crippen molar-refractivity contribution in [3.63, 3.8) is 0 Å². The van der Waals surface area contributed by atoms with Gasteiger partial charge >= 0.3 is 0 Å². The van der Waals surface area contributed by atoms with E-state index in [2.05, 4.69) is 15.5 Å². The van der Waals surface area contributed by atoms with Crippen LogP contribution in [0.5, 0.6) is 0 Å². The van der Waals surface area contributed by atoms with E-state index in [1.165, 1.54) is 0 Å². The number of pyridine rings is 1. The van der Waals surface area contributed by atoms with Gasteiger partial charge in [0.05, 0.1) is 6.04 Å². The predicted octanol–water partition coefficient (Wildman–Crippen LogP) is 2.90. The lowest BCUT2D eigenvalue weighted by Gasteiger charge is -2.19. The number of carbonyl (C=O) groups is 1. The Bertz CT molecular complexity index is 714. The van der Waals surface area contributed by atoms with Crippen molar-refractivity contribution in [2.75, 3.05) is 0 Å². The Kier molecular flexibility index (Phi) is 3.96. The summed E-state index contributed by atoms with van der Waals surface area (Å²) in [6.07, 6.45) is 3.41. The molecule has 0 saturated carbocycles. The van der Waals surface area contributed by atoms with Gasteiger partial charge in [0.2, 0.25) is 0 Å². The fourth-order valence-corrected chi connectivity index (χ4v) is 2.24. The number of hydrogen-bond donors (Lipinski definition) is 1. The Morgan fingerprint density at radius 2 is 1.77 bits per heavy atom. The van der Waals surface area contributed by atoms with E-state index in [1.54, 1.807) is 25.4 Å². The second-order valence-corrected chi connectivity index (χ2v) is 4.92. The van der Waals surface area contributed by atoms with Crippen molar-refractivity contribution in [3.8, 4) is 0 Å². The summed E-state index contributed by atoms with van der Waals surface area (Å²) in [5.74, 6) is 0.327. The number of aromatic nitrogens is 2. The van der Waals surface area contributed by atoms with Crippen molar-refractivity contribution < 1.29 is 9.32 Å². The minimum atomic E-state index is -0.275. The second-order valence-electron chi connectivity index (χ2n) is 4.92. The van der Waals surface area contributed by atoms with Gasteiger partial charge in [-0.15, -0.1) is 0 Å². The molecule has 5 heteroatoms. The predicted molar refractivity (Wildman–Crippen MR) is 81.2 cm³/mol. The van der Waals surface area contributed by atoms with E-state index in [4.69, 9.17) is 4.52 Å². The highest BCUT2D eigenvalue weighted by molar-refractivity contribution is 5.92. The van der Waals surface area contributed by atoms with E-state index in [0.29, 0.717) is 5.76 Å². The first-order valence-corrected chi connectivity index (χ1v) is 6.93. The number of nitrogens with one attached hydrogen (secondary N) is 1. The first-order chi connectivity index (χ1) is 10.7. The molecule has 5 nitrogen and oxygen atoms in total. The van der Waals surface area contributed by atoms with Crippen molar-refractivity contribution in [2.45, 2.75) is 13.0 Å². The van der Waals surface area contributed by atoms with Crippen molar-refractivity contribution in [2.24, 2.45) is 0 Å². The van der Waals surface area contributed by atoms with Crippen LogP contribution in [0.1, 0.15) is 33.4 Å². The molecule has 0 aliphatic heterocycles. The quantitative estimate of drug-likeness (QED) is 0.803. The van der Waals surface area contributed by atoms with Crippen LogP contribution in [0.2, 0.25) is 0 Å². The van der Waals surface area contributed by atoms with Gasteiger partial charge in [-0.05, 0) is 30.2 Å². The molecule has 22 heavy (non-hydrogen) atoms. The highest BCUT2D eigenvalue weighted by atomic mass is 16.5. The summed E-state index contributed by atoms with van der Waals surface area (Å²) in [7, 11) is 0. The lowest BCUT2D eigenvalue weighted by Crippen LogP contribution is -2.29. The van der Waals surface area contributed by atoms with Crippen LogP contribution >= 0.6 is 0 Å². The molecule has 1 atom stereocenters. The topological polar surface area (TPSA) is 68.0 Å². The zero-order valence-corrected chi connectivity index (χ0v) is 12.1. The Balaban J connectivity index is 1.91.